The van der Waals surface area contributed by atoms with Gasteiger partial charge in [0.1, 0.15) is 5.82 Å². The molecular formula is C32H37N3O3S. The summed E-state index contributed by atoms with van der Waals surface area (Å²) in [5.74, 6) is 0.792. The maximum Gasteiger partial charge on any atom is 0.343 e. The summed E-state index contributed by atoms with van der Waals surface area (Å²) < 4.78 is 1.50. The highest BCUT2D eigenvalue weighted by atomic mass is 32.2. The van der Waals surface area contributed by atoms with E-state index in [1.54, 1.807) is 11.8 Å². The Morgan fingerprint density at radius 2 is 1.62 bits per heavy atom. The molecule has 0 fully saturated rings. The molecule has 6 nitrogen and oxygen atoms in total. The van der Waals surface area contributed by atoms with Crippen LogP contribution in [0.4, 0.5) is 0 Å². The molecule has 0 aliphatic rings. The van der Waals surface area contributed by atoms with Gasteiger partial charge in [-0.15, -0.1) is 11.8 Å². The van der Waals surface area contributed by atoms with Crippen molar-refractivity contribution in [1.29, 1.82) is 0 Å². The number of aryl methyl sites for hydroxylation is 2. The number of hydrogen-bond acceptors (Lipinski definition) is 4. The molecule has 0 aliphatic heterocycles. The van der Waals surface area contributed by atoms with E-state index in [4.69, 9.17) is 0 Å². The number of benzene rings is 3. The maximum atomic E-state index is 12.4. The Labute approximate surface area is 234 Å². The fraction of sp³-hybridized carbons (Fsp3) is 0.344. The third-order valence-electron chi connectivity index (χ3n) is 6.75. The van der Waals surface area contributed by atoms with Gasteiger partial charge in [-0.05, 0) is 69.5 Å². The lowest BCUT2D eigenvalue weighted by atomic mass is 9.87. The van der Waals surface area contributed by atoms with Crippen molar-refractivity contribution in [2.45, 2.75) is 70.2 Å². The van der Waals surface area contributed by atoms with E-state index >= 15 is 0 Å². The van der Waals surface area contributed by atoms with E-state index in [2.05, 4.69) is 92.4 Å². The molecule has 0 saturated carbocycles. The van der Waals surface area contributed by atoms with Gasteiger partial charge in [-0.3, -0.25) is 9.78 Å². The summed E-state index contributed by atoms with van der Waals surface area (Å²) in [5, 5.41) is 13.8. The molecule has 204 valence electrons. The zero-order valence-corrected chi connectivity index (χ0v) is 24.0. The number of aliphatic carboxylic acids is 1. The SMILES string of the molecule is CCSc1ccc(-c2ccc(CCCc3nn(Cc4ccc(C(C)(C)C)cc4)c(=O)[nH]3)cc2)cc1CC(=O)O. The summed E-state index contributed by atoms with van der Waals surface area (Å²) in [6.45, 7) is 9.08. The first-order valence-electron chi connectivity index (χ1n) is 13.4. The zero-order chi connectivity index (χ0) is 28.0. The second kappa shape index (κ2) is 12.5. The molecule has 0 atom stereocenters. The molecule has 3 aromatic carbocycles. The minimum Gasteiger partial charge on any atom is -0.481 e. The number of carboxylic acid groups (broad SMARTS) is 1. The fourth-order valence-electron chi connectivity index (χ4n) is 4.59. The van der Waals surface area contributed by atoms with Crippen molar-refractivity contribution in [2.75, 3.05) is 5.75 Å². The van der Waals surface area contributed by atoms with Crippen molar-refractivity contribution in [2.24, 2.45) is 0 Å². The van der Waals surface area contributed by atoms with Crippen LogP contribution in [0.3, 0.4) is 0 Å². The normalized spacial score (nSPS) is 11.6. The summed E-state index contributed by atoms with van der Waals surface area (Å²) >= 11 is 1.67. The van der Waals surface area contributed by atoms with Crippen LogP contribution in [0.5, 0.6) is 0 Å². The van der Waals surface area contributed by atoms with Gasteiger partial charge in [0.15, 0.2) is 0 Å². The summed E-state index contributed by atoms with van der Waals surface area (Å²) in [7, 11) is 0. The minimum absolute atomic E-state index is 0.0234. The summed E-state index contributed by atoms with van der Waals surface area (Å²) in [6.07, 6.45) is 2.47. The van der Waals surface area contributed by atoms with E-state index in [0.29, 0.717) is 18.8 Å². The van der Waals surface area contributed by atoms with Crippen LogP contribution in [-0.4, -0.2) is 31.6 Å². The van der Waals surface area contributed by atoms with Gasteiger partial charge in [-0.25, -0.2) is 9.48 Å². The molecule has 1 aromatic heterocycles. The first-order chi connectivity index (χ1) is 18.6. The van der Waals surface area contributed by atoms with Gasteiger partial charge < -0.3 is 5.11 Å². The van der Waals surface area contributed by atoms with E-state index in [0.717, 1.165) is 45.7 Å². The third kappa shape index (κ3) is 7.73. The van der Waals surface area contributed by atoms with Gasteiger partial charge >= 0.3 is 11.7 Å². The highest BCUT2D eigenvalue weighted by Gasteiger charge is 2.14. The highest BCUT2D eigenvalue weighted by molar-refractivity contribution is 7.99. The fourth-order valence-corrected chi connectivity index (χ4v) is 5.38. The smallest absolute Gasteiger partial charge is 0.343 e. The second-order valence-electron chi connectivity index (χ2n) is 10.9. The van der Waals surface area contributed by atoms with Crippen molar-refractivity contribution in [3.63, 3.8) is 0 Å². The number of carboxylic acids is 1. The second-order valence-corrected chi connectivity index (χ2v) is 12.2. The summed E-state index contributed by atoms with van der Waals surface area (Å²) in [5.41, 5.74) is 6.39. The molecule has 0 aliphatic carbocycles. The molecule has 0 unspecified atom stereocenters. The van der Waals surface area contributed by atoms with Crippen LogP contribution < -0.4 is 5.69 Å². The van der Waals surface area contributed by atoms with Gasteiger partial charge in [-0.1, -0.05) is 82.3 Å². The van der Waals surface area contributed by atoms with Crippen molar-refractivity contribution in [1.82, 2.24) is 14.8 Å². The van der Waals surface area contributed by atoms with Crippen LogP contribution >= 0.6 is 11.8 Å². The number of hydrogen-bond donors (Lipinski definition) is 2. The lowest BCUT2D eigenvalue weighted by Crippen LogP contribution is -2.19. The van der Waals surface area contributed by atoms with Gasteiger partial charge in [0.2, 0.25) is 0 Å². The molecule has 0 bridgehead atoms. The van der Waals surface area contributed by atoms with Gasteiger partial charge in [0.05, 0.1) is 13.0 Å². The molecule has 2 N–H and O–H groups in total. The number of aromatic amines is 1. The first kappa shape index (κ1) is 28.4. The van der Waals surface area contributed by atoms with Crippen molar-refractivity contribution < 1.29 is 9.90 Å². The molecule has 0 amide bonds. The van der Waals surface area contributed by atoms with Crippen molar-refractivity contribution >= 4 is 17.7 Å². The number of H-pyrrole nitrogens is 1. The monoisotopic (exact) mass is 543 g/mol. The lowest BCUT2D eigenvalue weighted by molar-refractivity contribution is -0.136. The van der Waals surface area contributed by atoms with E-state index in [1.165, 1.54) is 15.8 Å². The van der Waals surface area contributed by atoms with E-state index < -0.39 is 5.97 Å². The Bertz CT molecular complexity index is 1460. The van der Waals surface area contributed by atoms with Crippen LogP contribution in [0.25, 0.3) is 11.1 Å². The number of nitrogens with zero attached hydrogens (tertiary/aromatic N) is 2. The van der Waals surface area contributed by atoms with E-state index in [1.807, 2.05) is 12.1 Å². The molecule has 1 heterocycles. The summed E-state index contributed by atoms with van der Waals surface area (Å²) in [4.78, 5) is 27.7. The number of nitrogens with one attached hydrogen (secondary N) is 1. The number of rotatable bonds is 11. The number of carbonyl (C=O) groups is 1. The topological polar surface area (TPSA) is 88.0 Å². The van der Waals surface area contributed by atoms with Crippen LogP contribution in [0.2, 0.25) is 0 Å². The lowest BCUT2D eigenvalue weighted by Gasteiger charge is -2.19. The van der Waals surface area contributed by atoms with Crippen LogP contribution in [-0.2, 0) is 36.0 Å². The predicted molar refractivity (Wildman–Crippen MR) is 159 cm³/mol. The van der Waals surface area contributed by atoms with Gasteiger partial charge in [-0.2, -0.15) is 5.10 Å². The third-order valence-corrected chi connectivity index (χ3v) is 7.75. The molecular weight excluding hydrogens is 506 g/mol. The Morgan fingerprint density at radius 3 is 2.26 bits per heavy atom. The van der Waals surface area contributed by atoms with Gasteiger partial charge in [0, 0.05) is 11.3 Å². The highest BCUT2D eigenvalue weighted by Crippen LogP contribution is 2.29. The quantitative estimate of drug-likeness (QED) is 0.211. The molecule has 0 spiro atoms. The average molecular weight is 544 g/mol. The van der Waals surface area contributed by atoms with Crippen LogP contribution in [0.1, 0.15) is 62.2 Å². The van der Waals surface area contributed by atoms with Gasteiger partial charge in [0.25, 0.3) is 0 Å². The molecule has 4 aromatic rings. The van der Waals surface area contributed by atoms with Crippen molar-refractivity contribution in [3.05, 3.63) is 105 Å². The Kier molecular flexibility index (Phi) is 9.12. The van der Waals surface area contributed by atoms with E-state index in [-0.39, 0.29) is 17.5 Å². The standard InChI is InChI=1S/C32H37N3O3S/c1-5-39-28-18-15-25(19-26(28)20-30(36)37)24-13-9-22(10-14-24)7-6-8-29-33-31(38)35(34-29)21-23-11-16-27(17-12-23)32(2,3)4/h9-19H,5-8,20-21H2,1-4H3,(H,36,37)(H,33,34,38). The summed E-state index contributed by atoms with van der Waals surface area (Å²) in [6, 6.07) is 22.9. The Hall–Kier alpha value is -3.58. The molecule has 7 heteroatoms. The molecule has 39 heavy (non-hydrogen) atoms. The Balaban J connectivity index is 1.34. The number of thioether (sulfide) groups is 1. The van der Waals surface area contributed by atoms with Crippen LogP contribution in [0.15, 0.2) is 76.4 Å². The minimum atomic E-state index is -0.818. The Morgan fingerprint density at radius 1 is 0.949 bits per heavy atom. The molecule has 0 saturated heterocycles. The van der Waals surface area contributed by atoms with Crippen molar-refractivity contribution in [3.8, 4) is 11.1 Å². The predicted octanol–water partition coefficient (Wildman–Crippen LogP) is 6.50. The first-order valence-corrected chi connectivity index (χ1v) is 14.4. The molecule has 4 rings (SSSR count). The molecule has 0 radical (unpaired) electrons. The van der Waals surface area contributed by atoms with E-state index in [9.17, 15) is 14.7 Å². The largest absolute Gasteiger partial charge is 0.481 e. The zero-order valence-electron chi connectivity index (χ0n) is 23.2. The van der Waals surface area contributed by atoms with Crippen LogP contribution in [0, 0.1) is 0 Å². The maximum absolute atomic E-state index is 12.4. The average Bonchev–Trinajstić information content (AvgIpc) is 3.23. The number of aromatic nitrogens is 3.